The molecule has 0 spiro atoms. The molecule has 0 bridgehead atoms. The third-order valence-corrected chi connectivity index (χ3v) is 3.56. The molecule has 0 aliphatic carbocycles. The summed E-state index contributed by atoms with van der Waals surface area (Å²) in [6, 6.07) is 9.43. The van der Waals surface area contributed by atoms with Crippen LogP contribution in [0.15, 0.2) is 47.6 Å². The van der Waals surface area contributed by atoms with Crippen molar-refractivity contribution in [3.8, 4) is 5.75 Å². The molecule has 0 radical (unpaired) electrons. The van der Waals surface area contributed by atoms with Gasteiger partial charge in [0, 0.05) is 5.69 Å². The first-order chi connectivity index (χ1) is 12.7. The van der Waals surface area contributed by atoms with Crippen molar-refractivity contribution in [2.75, 3.05) is 12.4 Å². The van der Waals surface area contributed by atoms with Crippen LogP contribution >= 0.6 is 11.6 Å². The van der Waals surface area contributed by atoms with Gasteiger partial charge in [-0.2, -0.15) is 18.3 Å². The van der Waals surface area contributed by atoms with Gasteiger partial charge in [0.1, 0.15) is 5.75 Å². The second-order valence-corrected chi connectivity index (χ2v) is 5.53. The monoisotopic (exact) mass is 399 g/mol. The molecule has 0 aliphatic rings. The Hall–Kier alpha value is -3.07. The van der Waals surface area contributed by atoms with Gasteiger partial charge in [-0.15, -0.1) is 0 Å². The highest BCUT2D eigenvalue weighted by Gasteiger charge is 2.33. The normalized spacial score (nSPS) is 11.3. The maximum absolute atomic E-state index is 12.8. The number of methoxy groups -OCH3 is 1. The summed E-state index contributed by atoms with van der Waals surface area (Å²) in [5, 5.41) is 5.13. The van der Waals surface area contributed by atoms with Crippen molar-refractivity contribution in [3.05, 3.63) is 58.6 Å². The fraction of sp³-hybridized carbons (Fsp3) is 0.118. The fourth-order valence-electron chi connectivity index (χ4n) is 1.91. The highest BCUT2D eigenvalue weighted by atomic mass is 35.5. The Morgan fingerprint density at radius 3 is 2.37 bits per heavy atom. The van der Waals surface area contributed by atoms with E-state index in [1.165, 1.54) is 13.3 Å². The van der Waals surface area contributed by atoms with Crippen molar-refractivity contribution < 1.29 is 27.5 Å². The maximum atomic E-state index is 12.8. The van der Waals surface area contributed by atoms with Gasteiger partial charge in [0.05, 0.1) is 23.9 Å². The lowest BCUT2D eigenvalue weighted by Crippen LogP contribution is -2.32. The quantitative estimate of drug-likeness (QED) is 0.469. The van der Waals surface area contributed by atoms with Gasteiger partial charge in [0.2, 0.25) is 0 Å². The SMILES string of the molecule is COc1ccc(C=NNC(=O)C(=O)Nc2ccc(Cl)c(C(F)(F)F)c2)cc1. The summed E-state index contributed by atoms with van der Waals surface area (Å²) in [4.78, 5) is 23.4. The molecule has 0 saturated carbocycles. The molecule has 0 heterocycles. The Balaban J connectivity index is 1.97. The van der Waals surface area contributed by atoms with Crippen LogP contribution in [-0.2, 0) is 15.8 Å². The molecule has 0 aromatic heterocycles. The average Bonchev–Trinajstić information content (AvgIpc) is 2.62. The second-order valence-electron chi connectivity index (χ2n) is 5.12. The van der Waals surface area contributed by atoms with Crippen LogP contribution in [0, 0.1) is 0 Å². The first kappa shape index (κ1) is 20.2. The largest absolute Gasteiger partial charge is 0.497 e. The Morgan fingerprint density at radius 2 is 1.78 bits per heavy atom. The lowest BCUT2D eigenvalue weighted by atomic mass is 10.2. The van der Waals surface area contributed by atoms with E-state index in [1.807, 2.05) is 10.7 Å². The number of alkyl halides is 3. The van der Waals surface area contributed by atoms with Crippen LogP contribution in [0.1, 0.15) is 11.1 Å². The van der Waals surface area contributed by atoms with Crippen LogP contribution in [0.2, 0.25) is 5.02 Å². The molecule has 2 N–H and O–H groups in total. The van der Waals surface area contributed by atoms with E-state index in [0.717, 1.165) is 12.1 Å². The lowest BCUT2D eigenvalue weighted by Gasteiger charge is -2.11. The first-order valence-electron chi connectivity index (χ1n) is 7.36. The summed E-state index contributed by atoms with van der Waals surface area (Å²) in [6.45, 7) is 0. The van der Waals surface area contributed by atoms with Crippen LogP contribution in [0.5, 0.6) is 5.75 Å². The smallest absolute Gasteiger partial charge is 0.417 e. The highest BCUT2D eigenvalue weighted by molar-refractivity contribution is 6.39. The number of hydrazone groups is 1. The molecule has 142 valence electrons. The van der Waals surface area contributed by atoms with Crippen LogP contribution in [-0.4, -0.2) is 25.1 Å². The maximum Gasteiger partial charge on any atom is 0.417 e. The van der Waals surface area contributed by atoms with E-state index in [2.05, 4.69) is 5.10 Å². The molecule has 0 aliphatic heterocycles. The molecule has 2 aromatic rings. The fourth-order valence-corrected chi connectivity index (χ4v) is 2.14. The summed E-state index contributed by atoms with van der Waals surface area (Å²) in [6.07, 6.45) is -3.41. The van der Waals surface area contributed by atoms with Crippen LogP contribution < -0.4 is 15.5 Å². The number of halogens is 4. The van der Waals surface area contributed by atoms with Gasteiger partial charge in [-0.3, -0.25) is 9.59 Å². The number of benzene rings is 2. The number of carbonyl (C=O) groups excluding carboxylic acids is 2. The second kappa shape index (κ2) is 8.54. The van der Waals surface area contributed by atoms with Gasteiger partial charge < -0.3 is 10.1 Å². The minimum atomic E-state index is -4.69. The van der Waals surface area contributed by atoms with Crippen molar-refractivity contribution >= 4 is 35.3 Å². The van der Waals surface area contributed by atoms with Crippen LogP contribution in [0.3, 0.4) is 0 Å². The lowest BCUT2D eigenvalue weighted by molar-refractivity contribution is -0.137. The van der Waals surface area contributed by atoms with Gasteiger partial charge in [-0.05, 0) is 48.0 Å². The molecule has 2 aromatic carbocycles. The Kier molecular flexibility index (Phi) is 6.40. The molecule has 27 heavy (non-hydrogen) atoms. The van der Waals surface area contributed by atoms with Gasteiger partial charge in [0.15, 0.2) is 0 Å². The van der Waals surface area contributed by atoms with E-state index in [1.54, 1.807) is 24.3 Å². The Bertz CT molecular complexity index is 868. The molecule has 2 amide bonds. The van der Waals surface area contributed by atoms with E-state index < -0.39 is 28.6 Å². The Morgan fingerprint density at radius 1 is 1.11 bits per heavy atom. The first-order valence-corrected chi connectivity index (χ1v) is 7.73. The molecule has 10 heteroatoms. The van der Waals surface area contributed by atoms with Crippen molar-refractivity contribution in [1.82, 2.24) is 5.43 Å². The molecule has 0 fully saturated rings. The number of nitrogens with zero attached hydrogens (tertiary/aromatic N) is 1. The molecule has 6 nitrogen and oxygen atoms in total. The number of amides is 2. The number of rotatable bonds is 4. The van der Waals surface area contributed by atoms with Crippen molar-refractivity contribution in [2.45, 2.75) is 6.18 Å². The Labute approximate surface area is 157 Å². The third kappa shape index (κ3) is 5.71. The van der Waals surface area contributed by atoms with Crippen molar-refractivity contribution in [3.63, 3.8) is 0 Å². The predicted octanol–water partition coefficient (Wildman–Crippen LogP) is 3.46. The zero-order valence-electron chi connectivity index (χ0n) is 13.8. The molecule has 2 rings (SSSR count). The highest BCUT2D eigenvalue weighted by Crippen LogP contribution is 2.36. The van der Waals surface area contributed by atoms with Crippen LogP contribution in [0.25, 0.3) is 0 Å². The van der Waals surface area contributed by atoms with Gasteiger partial charge >= 0.3 is 18.0 Å². The van der Waals surface area contributed by atoms with E-state index in [0.29, 0.717) is 17.4 Å². The minimum Gasteiger partial charge on any atom is -0.497 e. The molecule has 0 unspecified atom stereocenters. The number of hydrogen-bond acceptors (Lipinski definition) is 4. The molecule has 0 saturated heterocycles. The third-order valence-electron chi connectivity index (χ3n) is 3.23. The summed E-state index contributed by atoms with van der Waals surface area (Å²) in [5.74, 6) is -1.70. The minimum absolute atomic E-state index is 0.231. The average molecular weight is 400 g/mol. The number of carbonyl (C=O) groups is 2. The number of hydrogen-bond donors (Lipinski definition) is 2. The van der Waals surface area contributed by atoms with Crippen LogP contribution in [0.4, 0.5) is 18.9 Å². The van der Waals surface area contributed by atoms with E-state index in [-0.39, 0.29) is 5.69 Å². The van der Waals surface area contributed by atoms with Crippen molar-refractivity contribution in [1.29, 1.82) is 0 Å². The zero-order valence-corrected chi connectivity index (χ0v) is 14.6. The van der Waals surface area contributed by atoms with E-state index in [9.17, 15) is 22.8 Å². The van der Waals surface area contributed by atoms with E-state index >= 15 is 0 Å². The molecular formula is C17H13ClF3N3O3. The summed E-state index contributed by atoms with van der Waals surface area (Å²) >= 11 is 5.49. The topological polar surface area (TPSA) is 79.8 Å². The summed E-state index contributed by atoms with van der Waals surface area (Å²) in [7, 11) is 1.51. The molecule has 0 atom stereocenters. The van der Waals surface area contributed by atoms with Gasteiger partial charge in [-0.1, -0.05) is 11.6 Å². The van der Waals surface area contributed by atoms with Gasteiger partial charge in [-0.25, -0.2) is 5.43 Å². The standard InChI is InChI=1S/C17H13ClF3N3O3/c1-27-12-5-2-10(3-6-12)9-22-24-16(26)15(25)23-11-4-7-14(18)13(8-11)17(19,20)21/h2-9H,1H3,(H,23,25)(H,24,26). The van der Waals surface area contributed by atoms with Gasteiger partial charge in [0.25, 0.3) is 0 Å². The number of ether oxygens (including phenoxy) is 1. The zero-order chi connectivity index (χ0) is 20.0. The number of nitrogens with one attached hydrogen (secondary N) is 2. The van der Waals surface area contributed by atoms with Crippen molar-refractivity contribution in [2.24, 2.45) is 5.10 Å². The van der Waals surface area contributed by atoms with E-state index in [4.69, 9.17) is 16.3 Å². The number of anilines is 1. The summed E-state index contributed by atoms with van der Waals surface area (Å²) < 4.78 is 43.4. The predicted molar refractivity (Wildman–Crippen MR) is 93.8 cm³/mol. The summed E-state index contributed by atoms with van der Waals surface area (Å²) in [5.41, 5.74) is 1.25. The molecular weight excluding hydrogens is 387 g/mol.